The second-order valence-corrected chi connectivity index (χ2v) is 14.6. The molecule has 2 atom stereocenters. The van der Waals surface area contributed by atoms with Crippen LogP contribution in [0, 0.1) is 12.7 Å². The minimum atomic E-state index is -0.439. The molecule has 3 aromatic carbocycles. The number of rotatable bonds is 9. The number of hydrogen-bond acceptors (Lipinski definition) is 0. The SMILES string of the molecule is CCCCc1cc2c3c4[n+](ccc3c1)C(CC)(CC[n+]1ccccc1-c1ccccc1C)C(C)(CC)c1ccc(F)c(c1-4)C2(C)C. The highest BCUT2D eigenvalue weighted by Gasteiger charge is 2.62. The van der Waals surface area contributed by atoms with E-state index in [-0.39, 0.29) is 16.8 Å². The molecule has 2 aromatic heterocycles. The lowest BCUT2D eigenvalue weighted by molar-refractivity contribution is -0.781. The molecular formula is C43H49FN2+2. The Hall–Kier alpha value is -3.85. The van der Waals surface area contributed by atoms with Gasteiger partial charge in [0.1, 0.15) is 5.82 Å². The maximum Gasteiger partial charge on any atom is 0.221 e. The summed E-state index contributed by atoms with van der Waals surface area (Å²) < 4.78 is 21.4. The fourth-order valence-corrected chi connectivity index (χ4v) is 9.37. The fourth-order valence-electron chi connectivity index (χ4n) is 9.37. The largest absolute Gasteiger partial charge is 0.221 e. The van der Waals surface area contributed by atoms with Gasteiger partial charge in [-0.05, 0) is 78.9 Å². The smallest absolute Gasteiger partial charge is 0.207 e. The van der Waals surface area contributed by atoms with Crippen LogP contribution in [0.15, 0.2) is 85.2 Å². The Morgan fingerprint density at radius 2 is 1.59 bits per heavy atom. The highest BCUT2D eigenvalue weighted by molar-refractivity contribution is 6.01. The van der Waals surface area contributed by atoms with E-state index in [4.69, 9.17) is 0 Å². The Kier molecular flexibility index (Phi) is 7.46. The quantitative estimate of drug-likeness (QED) is 0.146. The lowest BCUT2D eigenvalue weighted by Gasteiger charge is -2.50. The predicted octanol–water partition coefficient (Wildman–Crippen LogP) is 10.1. The van der Waals surface area contributed by atoms with Crippen LogP contribution in [-0.4, -0.2) is 0 Å². The molecule has 0 bridgehead atoms. The third kappa shape index (κ3) is 4.19. The van der Waals surface area contributed by atoms with Crippen LogP contribution in [0.4, 0.5) is 4.39 Å². The Bertz CT molecular complexity index is 1990. The summed E-state index contributed by atoms with van der Waals surface area (Å²) >= 11 is 0. The first-order valence-electron chi connectivity index (χ1n) is 17.5. The number of halogens is 1. The number of aryl methyl sites for hydroxylation is 3. The minimum Gasteiger partial charge on any atom is -0.207 e. The first kappa shape index (κ1) is 30.8. The molecule has 1 aliphatic heterocycles. The molecule has 2 unspecified atom stereocenters. The molecule has 0 N–H and O–H groups in total. The van der Waals surface area contributed by atoms with Gasteiger partial charge in [-0.15, -0.1) is 0 Å². The number of pyridine rings is 2. The highest BCUT2D eigenvalue weighted by Crippen LogP contribution is 2.58. The second kappa shape index (κ2) is 11.1. The predicted molar refractivity (Wildman–Crippen MR) is 188 cm³/mol. The van der Waals surface area contributed by atoms with E-state index in [0.717, 1.165) is 56.2 Å². The van der Waals surface area contributed by atoms with Crippen LogP contribution in [0.5, 0.6) is 0 Å². The number of hydrogen-bond donors (Lipinski definition) is 0. The number of aromatic nitrogens is 2. The van der Waals surface area contributed by atoms with Crippen LogP contribution in [0.1, 0.15) is 101 Å². The van der Waals surface area contributed by atoms with Gasteiger partial charge in [-0.2, -0.15) is 9.13 Å². The summed E-state index contributed by atoms with van der Waals surface area (Å²) in [5, 5.41) is 2.60. The number of unbranched alkanes of at least 4 members (excludes halogenated alkanes) is 1. The van der Waals surface area contributed by atoms with Crippen LogP contribution >= 0.6 is 0 Å². The van der Waals surface area contributed by atoms with Crippen molar-refractivity contribution >= 4 is 10.8 Å². The monoisotopic (exact) mass is 612 g/mol. The average molecular weight is 613 g/mol. The van der Waals surface area contributed by atoms with Crippen molar-refractivity contribution in [2.24, 2.45) is 0 Å². The van der Waals surface area contributed by atoms with Crippen molar-refractivity contribution in [3.63, 3.8) is 0 Å². The van der Waals surface area contributed by atoms with Crippen LogP contribution in [0.3, 0.4) is 0 Å². The molecular weight excluding hydrogens is 563 g/mol. The van der Waals surface area contributed by atoms with Gasteiger partial charge in [0.05, 0.1) is 22.8 Å². The van der Waals surface area contributed by atoms with Gasteiger partial charge >= 0.3 is 0 Å². The lowest BCUT2D eigenvalue weighted by Crippen LogP contribution is -2.70. The molecule has 5 aromatic rings. The van der Waals surface area contributed by atoms with E-state index < -0.39 is 5.41 Å². The van der Waals surface area contributed by atoms with E-state index in [1.807, 2.05) is 0 Å². The molecule has 0 saturated heterocycles. The van der Waals surface area contributed by atoms with Gasteiger partial charge in [-0.1, -0.05) is 77.4 Å². The Labute approximate surface area is 275 Å². The summed E-state index contributed by atoms with van der Waals surface area (Å²) in [7, 11) is 0. The van der Waals surface area contributed by atoms with Gasteiger partial charge in [-0.25, -0.2) is 4.39 Å². The Morgan fingerprint density at radius 3 is 2.33 bits per heavy atom. The molecule has 0 radical (unpaired) electrons. The first-order valence-corrected chi connectivity index (χ1v) is 17.5. The molecule has 0 spiro atoms. The molecule has 7 rings (SSSR count). The van der Waals surface area contributed by atoms with Crippen LogP contribution in [0.25, 0.3) is 33.3 Å². The molecule has 0 saturated carbocycles. The molecule has 2 aliphatic rings. The van der Waals surface area contributed by atoms with Gasteiger partial charge in [0.15, 0.2) is 24.5 Å². The van der Waals surface area contributed by atoms with E-state index in [1.165, 1.54) is 50.0 Å². The van der Waals surface area contributed by atoms with Crippen LogP contribution < -0.4 is 9.13 Å². The lowest BCUT2D eigenvalue weighted by atomic mass is 9.55. The third-order valence-electron chi connectivity index (χ3n) is 12.1. The normalized spacial score (nSPS) is 20.7. The average Bonchev–Trinajstić information content (AvgIpc) is 3.06. The van der Waals surface area contributed by atoms with Crippen molar-refractivity contribution in [2.75, 3.05) is 0 Å². The van der Waals surface area contributed by atoms with Crippen molar-refractivity contribution in [2.45, 2.75) is 110 Å². The van der Waals surface area contributed by atoms with Gasteiger partial charge in [0, 0.05) is 41.2 Å². The zero-order valence-electron chi connectivity index (χ0n) is 28.8. The molecule has 1 aliphatic carbocycles. The topological polar surface area (TPSA) is 7.76 Å². The standard InChI is InChI=1S/C43H49FN2/c1-8-11-17-30-27-31-22-25-46-40-37(31)34(28-30)41(5,6)39-35(44)21-20-33(38(39)40)42(7,9-2)43(46,10-3)23-26-45-24-15-14-19-36(45)32-18-13-12-16-29(32)4/h12-16,18-22,24-25,27-28H,8-11,17,23,26H2,1-7H3/q+2. The molecule has 2 nitrogen and oxygen atoms in total. The van der Waals surface area contributed by atoms with Crippen molar-refractivity contribution in [3.05, 3.63) is 119 Å². The van der Waals surface area contributed by atoms with E-state index in [0.29, 0.717) is 0 Å². The second-order valence-electron chi connectivity index (χ2n) is 14.6. The molecule has 46 heavy (non-hydrogen) atoms. The molecule has 3 heteroatoms. The third-order valence-corrected chi connectivity index (χ3v) is 12.1. The van der Waals surface area contributed by atoms with Crippen LogP contribution in [-0.2, 0) is 29.3 Å². The molecule has 3 heterocycles. The highest BCUT2D eigenvalue weighted by atomic mass is 19.1. The molecule has 0 amide bonds. The van der Waals surface area contributed by atoms with Crippen molar-refractivity contribution in [1.29, 1.82) is 0 Å². The zero-order chi connectivity index (χ0) is 32.4. The van der Waals surface area contributed by atoms with E-state index in [1.54, 1.807) is 6.07 Å². The molecule has 236 valence electrons. The summed E-state index contributed by atoms with van der Waals surface area (Å²) in [5.41, 5.74) is 10.2. The summed E-state index contributed by atoms with van der Waals surface area (Å²) in [6.45, 7) is 17.0. The van der Waals surface area contributed by atoms with Gasteiger partial charge < -0.3 is 0 Å². The Balaban J connectivity index is 1.49. The fraction of sp³-hybridized carbons (Fsp3) is 0.395. The number of nitrogens with zero attached hydrogens (tertiary/aromatic N) is 2. The van der Waals surface area contributed by atoms with E-state index in [9.17, 15) is 0 Å². The Morgan fingerprint density at radius 1 is 0.804 bits per heavy atom. The van der Waals surface area contributed by atoms with Crippen molar-refractivity contribution in [3.8, 4) is 22.5 Å². The summed E-state index contributed by atoms with van der Waals surface area (Å²) in [4.78, 5) is 0. The summed E-state index contributed by atoms with van der Waals surface area (Å²) in [5.74, 6) is -0.0814. The van der Waals surface area contributed by atoms with E-state index >= 15 is 4.39 Å². The minimum absolute atomic E-state index is 0.0814. The summed E-state index contributed by atoms with van der Waals surface area (Å²) in [6.07, 6.45) is 10.9. The zero-order valence-corrected chi connectivity index (χ0v) is 28.8. The first-order chi connectivity index (χ1) is 22.1. The van der Waals surface area contributed by atoms with Crippen molar-refractivity contribution in [1.82, 2.24) is 0 Å². The van der Waals surface area contributed by atoms with E-state index in [2.05, 4.69) is 137 Å². The van der Waals surface area contributed by atoms with Crippen molar-refractivity contribution < 1.29 is 13.5 Å². The van der Waals surface area contributed by atoms with Gasteiger partial charge in [-0.3, -0.25) is 0 Å². The van der Waals surface area contributed by atoms with Crippen LogP contribution in [0.2, 0.25) is 0 Å². The van der Waals surface area contributed by atoms with Gasteiger partial charge in [0.2, 0.25) is 11.4 Å². The number of benzene rings is 3. The maximum absolute atomic E-state index is 16.3. The molecule has 0 fully saturated rings. The maximum atomic E-state index is 16.3. The van der Waals surface area contributed by atoms with Gasteiger partial charge in [0.25, 0.3) is 0 Å². The summed E-state index contributed by atoms with van der Waals surface area (Å²) in [6, 6.07) is 26.3.